The molecule has 3 heteroatoms. The Balaban J connectivity index is 2.15. The molecule has 0 unspecified atom stereocenters. The number of rotatable bonds is 3. The van der Waals surface area contributed by atoms with E-state index in [1.165, 1.54) is 11.3 Å². The van der Waals surface area contributed by atoms with Crippen LogP contribution in [-0.2, 0) is 6.54 Å². The van der Waals surface area contributed by atoms with Crippen LogP contribution < -0.4 is 10.6 Å². The van der Waals surface area contributed by atoms with E-state index in [1.807, 2.05) is 12.1 Å². The topological polar surface area (TPSA) is 29.3 Å². The molecule has 0 aromatic heterocycles. The van der Waals surface area contributed by atoms with Crippen molar-refractivity contribution in [1.82, 2.24) is 0 Å². The normalized spacial score (nSPS) is 10.4. The van der Waals surface area contributed by atoms with Gasteiger partial charge in [-0.05, 0) is 36.8 Å². The maximum absolute atomic E-state index is 6.02. The van der Waals surface area contributed by atoms with E-state index in [9.17, 15) is 0 Å². The van der Waals surface area contributed by atoms with E-state index in [1.54, 1.807) is 0 Å². The molecule has 0 spiro atoms. The number of hydrogen-bond donors (Lipinski definition) is 1. The molecule has 0 heterocycles. The number of nitrogens with zero attached hydrogens (tertiary/aromatic N) is 1. The van der Waals surface area contributed by atoms with Gasteiger partial charge < -0.3 is 10.6 Å². The molecule has 0 radical (unpaired) electrons. The average Bonchev–Trinajstić information content (AvgIpc) is 2.33. The lowest BCUT2D eigenvalue weighted by Gasteiger charge is -2.20. The number of nitrogens with two attached hydrogens (primary N) is 1. The van der Waals surface area contributed by atoms with Crippen molar-refractivity contribution in [1.29, 1.82) is 0 Å². The molecule has 18 heavy (non-hydrogen) atoms. The van der Waals surface area contributed by atoms with Crippen LogP contribution in [0.2, 0.25) is 0 Å². The molecule has 0 aliphatic heterocycles. The molecular formula is C15H17BrN2. The van der Waals surface area contributed by atoms with Gasteiger partial charge >= 0.3 is 0 Å². The Bertz CT molecular complexity index is 535. The van der Waals surface area contributed by atoms with Crippen LogP contribution in [0.3, 0.4) is 0 Å². The summed E-state index contributed by atoms with van der Waals surface area (Å²) in [6.45, 7) is 2.90. The molecule has 0 saturated carbocycles. The minimum atomic E-state index is 0.808. The van der Waals surface area contributed by atoms with Gasteiger partial charge in [0.25, 0.3) is 0 Å². The molecule has 0 amide bonds. The molecule has 2 N–H and O–H groups in total. The van der Waals surface area contributed by atoms with Gasteiger partial charge in [0.15, 0.2) is 0 Å². The van der Waals surface area contributed by atoms with Gasteiger partial charge in [-0.2, -0.15) is 0 Å². The number of anilines is 2. The first kappa shape index (κ1) is 13.0. The second-order valence-electron chi connectivity index (χ2n) is 4.53. The van der Waals surface area contributed by atoms with Crippen molar-refractivity contribution in [3.05, 3.63) is 58.1 Å². The predicted molar refractivity (Wildman–Crippen MR) is 81.8 cm³/mol. The second-order valence-corrected chi connectivity index (χ2v) is 5.45. The summed E-state index contributed by atoms with van der Waals surface area (Å²) in [5.41, 5.74) is 10.4. The Hall–Kier alpha value is -1.48. The first-order chi connectivity index (χ1) is 8.56. The van der Waals surface area contributed by atoms with Crippen LogP contribution in [0.25, 0.3) is 0 Å². The molecule has 0 saturated heterocycles. The minimum Gasteiger partial charge on any atom is -0.398 e. The number of aryl methyl sites for hydroxylation is 1. The van der Waals surface area contributed by atoms with Crippen molar-refractivity contribution in [3.8, 4) is 0 Å². The van der Waals surface area contributed by atoms with Gasteiger partial charge in [-0.25, -0.2) is 0 Å². The Kier molecular flexibility index (Phi) is 3.92. The summed E-state index contributed by atoms with van der Waals surface area (Å²) < 4.78 is 1.02. The van der Waals surface area contributed by atoms with Crippen molar-refractivity contribution in [2.75, 3.05) is 17.7 Å². The SMILES string of the molecule is Cc1ccc(N(C)Cc2ccc(Br)cc2N)cc1. The van der Waals surface area contributed by atoms with Crippen LogP contribution in [0.4, 0.5) is 11.4 Å². The molecular weight excluding hydrogens is 288 g/mol. The molecule has 2 rings (SSSR count). The van der Waals surface area contributed by atoms with Crippen LogP contribution in [0.15, 0.2) is 46.9 Å². The van der Waals surface area contributed by atoms with Crippen LogP contribution in [0, 0.1) is 6.92 Å². The van der Waals surface area contributed by atoms with Crippen molar-refractivity contribution in [3.63, 3.8) is 0 Å². The van der Waals surface area contributed by atoms with Gasteiger partial charge in [0, 0.05) is 29.4 Å². The van der Waals surface area contributed by atoms with E-state index in [0.717, 1.165) is 22.3 Å². The van der Waals surface area contributed by atoms with Gasteiger partial charge in [0.1, 0.15) is 0 Å². The second kappa shape index (κ2) is 5.44. The molecule has 0 aliphatic carbocycles. The predicted octanol–water partition coefficient (Wildman–Crippen LogP) is 3.98. The van der Waals surface area contributed by atoms with E-state index < -0.39 is 0 Å². The summed E-state index contributed by atoms with van der Waals surface area (Å²) in [4.78, 5) is 2.19. The fourth-order valence-electron chi connectivity index (χ4n) is 1.86. The zero-order chi connectivity index (χ0) is 13.1. The van der Waals surface area contributed by atoms with Gasteiger partial charge in [0.05, 0.1) is 0 Å². The van der Waals surface area contributed by atoms with Crippen LogP contribution >= 0.6 is 15.9 Å². The molecule has 0 bridgehead atoms. The van der Waals surface area contributed by atoms with E-state index >= 15 is 0 Å². The van der Waals surface area contributed by atoms with Crippen LogP contribution in [-0.4, -0.2) is 7.05 Å². The standard InChI is InChI=1S/C15H17BrN2/c1-11-3-7-14(8-4-11)18(2)10-12-5-6-13(16)9-15(12)17/h3-9H,10,17H2,1-2H3. The molecule has 2 aromatic carbocycles. The Morgan fingerprint density at radius 3 is 2.39 bits per heavy atom. The maximum atomic E-state index is 6.02. The molecule has 94 valence electrons. The number of halogens is 1. The summed E-state index contributed by atoms with van der Waals surface area (Å²) in [6, 6.07) is 14.5. The van der Waals surface area contributed by atoms with E-state index in [4.69, 9.17) is 5.73 Å². The lowest BCUT2D eigenvalue weighted by molar-refractivity contribution is 0.925. The van der Waals surface area contributed by atoms with Crippen molar-refractivity contribution >= 4 is 27.3 Å². The smallest absolute Gasteiger partial charge is 0.0446 e. The van der Waals surface area contributed by atoms with Crippen LogP contribution in [0.1, 0.15) is 11.1 Å². The Morgan fingerprint density at radius 2 is 1.78 bits per heavy atom. The highest BCUT2D eigenvalue weighted by Crippen LogP contribution is 2.22. The minimum absolute atomic E-state index is 0.808. The summed E-state index contributed by atoms with van der Waals surface area (Å²) in [5.74, 6) is 0. The average molecular weight is 305 g/mol. The van der Waals surface area contributed by atoms with Crippen molar-refractivity contribution in [2.24, 2.45) is 0 Å². The quantitative estimate of drug-likeness (QED) is 0.869. The lowest BCUT2D eigenvalue weighted by Crippen LogP contribution is -2.17. The third-order valence-corrected chi connectivity index (χ3v) is 3.48. The third-order valence-electron chi connectivity index (χ3n) is 2.99. The maximum Gasteiger partial charge on any atom is 0.0446 e. The highest BCUT2D eigenvalue weighted by atomic mass is 79.9. The zero-order valence-corrected chi connectivity index (χ0v) is 12.2. The Labute approximate surface area is 117 Å². The molecule has 0 aliphatic rings. The zero-order valence-electron chi connectivity index (χ0n) is 10.7. The fourth-order valence-corrected chi connectivity index (χ4v) is 2.23. The van der Waals surface area contributed by atoms with Gasteiger partial charge in [-0.1, -0.05) is 39.7 Å². The number of nitrogen functional groups attached to an aromatic ring is 1. The first-order valence-electron chi connectivity index (χ1n) is 5.88. The van der Waals surface area contributed by atoms with Crippen molar-refractivity contribution < 1.29 is 0 Å². The van der Waals surface area contributed by atoms with Crippen molar-refractivity contribution in [2.45, 2.75) is 13.5 Å². The van der Waals surface area contributed by atoms with E-state index in [0.29, 0.717) is 0 Å². The summed E-state index contributed by atoms with van der Waals surface area (Å²) in [5, 5.41) is 0. The number of benzene rings is 2. The third kappa shape index (κ3) is 3.05. The first-order valence-corrected chi connectivity index (χ1v) is 6.67. The summed E-state index contributed by atoms with van der Waals surface area (Å²) in [7, 11) is 2.08. The van der Waals surface area contributed by atoms with Gasteiger partial charge in [-0.3, -0.25) is 0 Å². The van der Waals surface area contributed by atoms with E-state index in [2.05, 4.69) is 65.1 Å². The lowest BCUT2D eigenvalue weighted by atomic mass is 10.1. The largest absolute Gasteiger partial charge is 0.398 e. The highest BCUT2D eigenvalue weighted by molar-refractivity contribution is 9.10. The van der Waals surface area contributed by atoms with E-state index in [-0.39, 0.29) is 0 Å². The fraction of sp³-hybridized carbons (Fsp3) is 0.200. The molecule has 2 nitrogen and oxygen atoms in total. The monoisotopic (exact) mass is 304 g/mol. The molecule has 2 aromatic rings. The van der Waals surface area contributed by atoms with Gasteiger partial charge in [-0.15, -0.1) is 0 Å². The van der Waals surface area contributed by atoms with Crippen LogP contribution in [0.5, 0.6) is 0 Å². The summed E-state index contributed by atoms with van der Waals surface area (Å²) >= 11 is 3.42. The highest BCUT2D eigenvalue weighted by Gasteiger charge is 2.05. The summed E-state index contributed by atoms with van der Waals surface area (Å²) in [6.07, 6.45) is 0. The van der Waals surface area contributed by atoms with Gasteiger partial charge in [0.2, 0.25) is 0 Å². The molecule has 0 fully saturated rings. The number of hydrogen-bond acceptors (Lipinski definition) is 2. The Morgan fingerprint density at radius 1 is 1.11 bits per heavy atom. The molecule has 0 atom stereocenters.